The minimum atomic E-state index is -0.202. The lowest BCUT2D eigenvalue weighted by molar-refractivity contribution is 0.0958. The van der Waals surface area contributed by atoms with Crippen molar-refractivity contribution >= 4 is 56.6 Å². The third kappa shape index (κ3) is 3.89. The van der Waals surface area contributed by atoms with Gasteiger partial charge in [-0.3, -0.25) is 9.69 Å². The van der Waals surface area contributed by atoms with Crippen LogP contribution in [0.25, 0.3) is 10.2 Å². The van der Waals surface area contributed by atoms with Gasteiger partial charge in [0.1, 0.15) is 5.52 Å². The summed E-state index contributed by atoms with van der Waals surface area (Å²) in [6, 6.07) is 8.98. The maximum absolute atomic E-state index is 12.7. The van der Waals surface area contributed by atoms with E-state index in [1.165, 1.54) is 17.6 Å². The predicted octanol–water partition coefficient (Wildman–Crippen LogP) is 4.17. The van der Waals surface area contributed by atoms with Gasteiger partial charge in [0.15, 0.2) is 10.9 Å². The number of hydrogen-bond acceptors (Lipinski definition) is 5. The summed E-state index contributed by atoms with van der Waals surface area (Å²) in [7, 11) is 3.93. The molecule has 24 heavy (non-hydrogen) atoms. The molecular weight excluding hydrogens is 369 g/mol. The second-order valence-electron chi connectivity index (χ2n) is 5.32. The van der Waals surface area contributed by atoms with Gasteiger partial charge in [0.2, 0.25) is 0 Å². The largest absolute Gasteiger partial charge is 0.459 e. The van der Waals surface area contributed by atoms with Gasteiger partial charge in [0, 0.05) is 13.1 Å². The number of furan rings is 1. The molecule has 0 saturated carbocycles. The van der Waals surface area contributed by atoms with Crippen molar-refractivity contribution in [2.24, 2.45) is 0 Å². The molecule has 0 unspecified atom stereocenters. The molecule has 0 bridgehead atoms. The Bertz CT molecular complexity index is 818. The zero-order chi connectivity index (χ0) is 16.4. The molecule has 3 rings (SSSR count). The Morgan fingerprint density at radius 3 is 2.67 bits per heavy atom. The van der Waals surface area contributed by atoms with Crippen molar-refractivity contribution in [3.05, 3.63) is 47.4 Å². The predicted molar refractivity (Wildman–Crippen MR) is 101 cm³/mol. The van der Waals surface area contributed by atoms with E-state index in [4.69, 9.17) is 16.0 Å². The molecule has 0 N–H and O–H groups in total. The average molecular weight is 386 g/mol. The number of hydrogen-bond donors (Lipinski definition) is 0. The zero-order valence-corrected chi connectivity index (χ0v) is 15.6. The summed E-state index contributed by atoms with van der Waals surface area (Å²) in [5.74, 6) is 0.0983. The normalized spacial score (nSPS) is 10.8. The standard InChI is InChI=1S/C16H16ClN3O2S.ClH/c1-19(2)8-9-20(15(21)12-6-4-10-22-12)16-18-14-11(17)5-3-7-13(14)23-16;/h3-7,10H,8-9H2,1-2H3;1H. The lowest BCUT2D eigenvalue weighted by Crippen LogP contribution is -2.36. The van der Waals surface area contributed by atoms with Crippen LogP contribution in [0.5, 0.6) is 0 Å². The smallest absolute Gasteiger partial charge is 0.295 e. The highest BCUT2D eigenvalue weighted by atomic mass is 35.5. The lowest BCUT2D eigenvalue weighted by atomic mass is 10.3. The van der Waals surface area contributed by atoms with Gasteiger partial charge in [-0.2, -0.15) is 0 Å². The van der Waals surface area contributed by atoms with Gasteiger partial charge < -0.3 is 9.32 Å². The van der Waals surface area contributed by atoms with Crippen LogP contribution in [0.2, 0.25) is 5.02 Å². The number of rotatable bonds is 5. The van der Waals surface area contributed by atoms with Crippen molar-refractivity contribution in [3.8, 4) is 0 Å². The van der Waals surface area contributed by atoms with Crippen LogP contribution in [0.3, 0.4) is 0 Å². The van der Waals surface area contributed by atoms with Crippen molar-refractivity contribution in [2.45, 2.75) is 0 Å². The summed E-state index contributed by atoms with van der Waals surface area (Å²) in [4.78, 5) is 20.9. The molecule has 0 spiro atoms. The van der Waals surface area contributed by atoms with Gasteiger partial charge in [-0.1, -0.05) is 29.0 Å². The minimum Gasteiger partial charge on any atom is -0.459 e. The third-order valence-corrected chi connectivity index (χ3v) is 4.69. The number of para-hydroxylation sites is 1. The van der Waals surface area contributed by atoms with Crippen molar-refractivity contribution in [2.75, 3.05) is 32.1 Å². The van der Waals surface area contributed by atoms with E-state index in [-0.39, 0.29) is 18.3 Å². The van der Waals surface area contributed by atoms with E-state index >= 15 is 0 Å². The van der Waals surface area contributed by atoms with Crippen molar-refractivity contribution < 1.29 is 9.21 Å². The van der Waals surface area contributed by atoms with Crippen LogP contribution >= 0.6 is 35.3 Å². The monoisotopic (exact) mass is 385 g/mol. The Morgan fingerprint density at radius 1 is 1.25 bits per heavy atom. The summed E-state index contributed by atoms with van der Waals surface area (Å²) in [5, 5.41) is 1.21. The molecule has 1 aromatic carbocycles. The molecule has 128 valence electrons. The van der Waals surface area contributed by atoms with E-state index in [1.54, 1.807) is 23.1 Å². The van der Waals surface area contributed by atoms with Crippen LogP contribution in [-0.4, -0.2) is 43.0 Å². The first-order valence-corrected chi connectivity index (χ1v) is 8.31. The first kappa shape index (κ1) is 18.7. The third-order valence-electron chi connectivity index (χ3n) is 3.34. The molecule has 0 atom stereocenters. The van der Waals surface area contributed by atoms with E-state index in [0.29, 0.717) is 22.5 Å². The van der Waals surface area contributed by atoms with E-state index in [1.807, 2.05) is 31.1 Å². The maximum Gasteiger partial charge on any atom is 0.295 e. The molecule has 8 heteroatoms. The molecule has 2 heterocycles. The highest BCUT2D eigenvalue weighted by Crippen LogP contribution is 2.33. The fourth-order valence-corrected chi connectivity index (χ4v) is 3.43. The van der Waals surface area contributed by atoms with E-state index in [9.17, 15) is 4.79 Å². The molecule has 0 aliphatic rings. The topological polar surface area (TPSA) is 49.6 Å². The lowest BCUT2D eigenvalue weighted by Gasteiger charge is -2.20. The summed E-state index contributed by atoms with van der Waals surface area (Å²) in [5.41, 5.74) is 0.719. The van der Waals surface area contributed by atoms with Gasteiger partial charge in [-0.15, -0.1) is 12.4 Å². The summed E-state index contributed by atoms with van der Waals surface area (Å²) >= 11 is 7.64. The highest BCUT2D eigenvalue weighted by molar-refractivity contribution is 7.22. The highest BCUT2D eigenvalue weighted by Gasteiger charge is 2.23. The van der Waals surface area contributed by atoms with Gasteiger partial charge in [-0.25, -0.2) is 4.98 Å². The Hall–Kier alpha value is -1.60. The summed E-state index contributed by atoms with van der Waals surface area (Å²) in [6.45, 7) is 1.24. The summed E-state index contributed by atoms with van der Waals surface area (Å²) < 4.78 is 6.20. The molecule has 0 fully saturated rings. The Morgan fingerprint density at radius 2 is 2.04 bits per heavy atom. The molecule has 0 aliphatic heterocycles. The SMILES string of the molecule is CN(C)CCN(C(=O)c1ccco1)c1nc2c(Cl)cccc2s1.Cl. The van der Waals surface area contributed by atoms with Crippen LogP contribution in [0, 0.1) is 0 Å². The number of nitrogens with zero attached hydrogens (tertiary/aromatic N) is 3. The minimum absolute atomic E-state index is 0. The van der Waals surface area contributed by atoms with E-state index < -0.39 is 0 Å². The van der Waals surface area contributed by atoms with Crippen LogP contribution in [0.4, 0.5) is 5.13 Å². The van der Waals surface area contributed by atoms with Crippen molar-refractivity contribution in [1.82, 2.24) is 9.88 Å². The number of likely N-dealkylation sites (N-methyl/N-ethyl adjacent to an activating group) is 1. The van der Waals surface area contributed by atoms with E-state index in [2.05, 4.69) is 4.98 Å². The molecule has 0 aliphatic carbocycles. The molecular formula is C16H17Cl2N3O2S. The van der Waals surface area contributed by atoms with Gasteiger partial charge in [0.25, 0.3) is 5.91 Å². The molecule has 3 aromatic rings. The number of anilines is 1. The Kier molecular flexibility index (Phi) is 6.23. The van der Waals surface area contributed by atoms with Crippen LogP contribution < -0.4 is 4.90 Å². The fourth-order valence-electron chi connectivity index (χ4n) is 2.14. The fraction of sp³-hybridized carbons (Fsp3) is 0.250. The molecule has 0 saturated heterocycles. The molecule has 5 nitrogen and oxygen atoms in total. The van der Waals surface area contributed by atoms with Gasteiger partial charge in [-0.05, 0) is 38.4 Å². The quantitative estimate of drug-likeness (QED) is 0.660. The van der Waals surface area contributed by atoms with Crippen LogP contribution in [-0.2, 0) is 0 Å². The first-order valence-electron chi connectivity index (χ1n) is 7.11. The van der Waals surface area contributed by atoms with Crippen LogP contribution in [0.15, 0.2) is 41.0 Å². The first-order chi connectivity index (χ1) is 11.1. The maximum atomic E-state index is 12.7. The van der Waals surface area contributed by atoms with Crippen LogP contribution in [0.1, 0.15) is 10.6 Å². The second-order valence-corrected chi connectivity index (χ2v) is 6.74. The summed E-state index contributed by atoms with van der Waals surface area (Å²) in [6.07, 6.45) is 1.49. The molecule has 1 amide bonds. The number of carbonyl (C=O) groups is 1. The average Bonchev–Trinajstić information content (AvgIpc) is 3.16. The number of carbonyl (C=O) groups excluding carboxylic acids is 1. The van der Waals surface area contributed by atoms with E-state index in [0.717, 1.165) is 16.8 Å². The number of halogens is 2. The Labute approximate surface area is 155 Å². The number of fused-ring (bicyclic) bond motifs is 1. The number of thiazole rings is 1. The number of benzene rings is 1. The van der Waals surface area contributed by atoms with Crippen molar-refractivity contribution in [3.63, 3.8) is 0 Å². The second kappa shape index (κ2) is 7.98. The number of amides is 1. The molecule has 2 aromatic heterocycles. The Balaban J connectivity index is 0.00000208. The number of aromatic nitrogens is 1. The molecule has 0 radical (unpaired) electrons. The van der Waals surface area contributed by atoms with Crippen molar-refractivity contribution in [1.29, 1.82) is 0 Å². The zero-order valence-electron chi connectivity index (χ0n) is 13.2. The van der Waals surface area contributed by atoms with Gasteiger partial charge in [0.05, 0.1) is 16.0 Å². The van der Waals surface area contributed by atoms with Gasteiger partial charge >= 0.3 is 0 Å².